The zero-order chi connectivity index (χ0) is 20.9. The summed E-state index contributed by atoms with van der Waals surface area (Å²) < 4.78 is 23.4. The summed E-state index contributed by atoms with van der Waals surface area (Å²) in [7, 11) is -1.91. The van der Waals surface area contributed by atoms with Gasteiger partial charge < -0.3 is 8.98 Å². The molecule has 0 amide bonds. The van der Waals surface area contributed by atoms with Crippen LogP contribution < -0.4 is 4.72 Å². The van der Waals surface area contributed by atoms with Crippen molar-refractivity contribution in [3.63, 3.8) is 0 Å². The Labute approximate surface area is 177 Å². The number of aromatic nitrogens is 2. The second kappa shape index (κ2) is 7.36. The Bertz CT molecular complexity index is 665. The van der Waals surface area contributed by atoms with Gasteiger partial charge in [0.25, 0.3) is 0 Å². The van der Waals surface area contributed by atoms with Gasteiger partial charge in [0.15, 0.2) is 14.1 Å². The van der Waals surface area contributed by atoms with Crippen LogP contribution in [0.3, 0.4) is 0 Å². The molecule has 0 unspecified atom stereocenters. The summed E-state index contributed by atoms with van der Waals surface area (Å²) in [5, 5.41) is 0.143. The Hall–Kier alpha value is 0.00688. The minimum Gasteiger partial charge on any atom is -0.598 e. The molecule has 27 heavy (non-hydrogen) atoms. The van der Waals surface area contributed by atoms with Gasteiger partial charge in [0, 0.05) is 36.6 Å². The van der Waals surface area contributed by atoms with Crippen LogP contribution in [0.1, 0.15) is 67.1 Å². The van der Waals surface area contributed by atoms with Gasteiger partial charge in [-0.05, 0) is 61.8 Å². The lowest BCUT2D eigenvalue weighted by Gasteiger charge is -2.56. The largest absolute Gasteiger partial charge is 0.598 e. The SMILES string of the molecule is CC1(O[Si](C)(C)C(C)(C)C)CC(N[S@+]([O-])C(C)(C)C)(c2ncc(Br)cn2)C1. The van der Waals surface area contributed by atoms with E-state index in [0.29, 0.717) is 18.7 Å². The molecule has 1 fully saturated rings. The van der Waals surface area contributed by atoms with Crippen molar-refractivity contribution in [3.05, 3.63) is 22.7 Å². The number of rotatable bonds is 5. The molecule has 0 spiro atoms. The molecule has 1 aromatic heterocycles. The Morgan fingerprint density at radius 3 is 2.04 bits per heavy atom. The molecule has 1 heterocycles. The molecule has 0 saturated heterocycles. The van der Waals surface area contributed by atoms with Crippen molar-refractivity contribution in [2.75, 3.05) is 0 Å². The van der Waals surface area contributed by atoms with Crippen LogP contribution in [0.5, 0.6) is 0 Å². The Balaban J connectivity index is 2.29. The summed E-state index contributed by atoms with van der Waals surface area (Å²) in [4.78, 5) is 9.04. The van der Waals surface area contributed by atoms with Crippen LogP contribution in [0.25, 0.3) is 0 Å². The van der Waals surface area contributed by atoms with E-state index in [1.807, 2.05) is 20.8 Å². The standard InChI is InChI=1S/C19H34BrN3O2SSi/c1-16(2,3)26(24)23-19(15-21-10-14(20)11-22-15)12-18(7,13-19)25-27(8,9)17(4,5)6/h10-11,23H,12-13H2,1-9H3/t18?,19?,26-/m1/s1. The second-order valence-electron chi connectivity index (χ2n) is 10.5. The van der Waals surface area contributed by atoms with Crippen LogP contribution in [0.15, 0.2) is 16.9 Å². The van der Waals surface area contributed by atoms with Crippen molar-refractivity contribution in [2.24, 2.45) is 0 Å². The smallest absolute Gasteiger partial charge is 0.192 e. The maximum absolute atomic E-state index is 12.9. The van der Waals surface area contributed by atoms with Crippen molar-refractivity contribution in [1.29, 1.82) is 0 Å². The fraction of sp³-hybridized carbons (Fsp3) is 0.789. The summed E-state index contributed by atoms with van der Waals surface area (Å²) in [6.45, 7) is 19.4. The minimum absolute atomic E-state index is 0.143. The van der Waals surface area contributed by atoms with Gasteiger partial charge in [-0.25, -0.2) is 9.97 Å². The first-order valence-electron chi connectivity index (χ1n) is 9.38. The van der Waals surface area contributed by atoms with Gasteiger partial charge in [0.1, 0.15) is 10.3 Å². The number of hydrogen-bond acceptors (Lipinski definition) is 5. The predicted molar refractivity (Wildman–Crippen MR) is 118 cm³/mol. The quantitative estimate of drug-likeness (QED) is 0.475. The second-order valence-corrected chi connectivity index (χ2v) is 18.1. The first-order valence-corrected chi connectivity index (χ1v) is 14.2. The lowest BCUT2D eigenvalue weighted by atomic mass is 9.66. The van der Waals surface area contributed by atoms with E-state index < -0.39 is 25.2 Å². The molecule has 1 atom stereocenters. The fourth-order valence-electron chi connectivity index (χ4n) is 3.23. The molecule has 0 aliphatic heterocycles. The zero-order valence-electron chi connectivity index (χ0n) is 18.1. The van der Waals surface area contributed by atoms with Crippen LogP contribution in [0, 0.1) is 0 Å². The number of hydrogen-bond donors (Lipinski definition) is 1. The third-order valence-electron chi connectivity index (χ3n) is 5.55. The van der Waals surface area contributed by atoms with Crippen LogP contribution in [0.4, 0.5) is 0 Å². The highest BCUT2D eigenvalue weighted by atomic mass is 79.9. The summed E-state index contributed by atoms with van der Waals surface area (Å²) in [6.07, 6.45) is 4.90. The molecular formula is C19H34BrN3O2SSi. The predicted octanol–water partition coefficient (Wildman–Crippen LogP) is 5.06. The molecular weight excluding hydrogens is 442 g/mol. The Morgan fingerprint density at radius 1 is 1.15 bits per heavy atom. The lowest BCUT2D eigenvalue weighted by molar-refractivity contribution is -0.0725. The van der Waals surface area contributed by atoms with Gasteiger partial charge >= 0.3 is 0 Å². The van der Waals surface area contributed by atoms with Crippen LogP contribution in [-0.2, 0) is 21.3 Å². The monoisotopic (exact) mass is 475 g/mol. The molecule has 1 aliphatic rings. The molecule has 2 rings (SSSR count). The molecule has 1 N–H and O–H groups in total. The van der Waals surface area contributed by atoms with Crippen molar-refractivity contribution < 1.29 is 8.98 Å². The number of nitrogens with one attached hydrogen (secondary N) is 1. The van der Waals surface area contributed by atoms with Gasteiger partial charge in [-0.2, -0.15) is 0 Å². The number of nitrogens with zero attached hydrogens (tertiary/aromatic N) is 2. The average Bonchev–Trinajstić information content (AvgIpc) is 2.43. The Morgan fingerprint density at radius 2 is 1.63 bits per heavy atom. The highest BCUT2D eigenvalue weighted by Gasteiger charge is 2.61. The van der Waals surface area contributed by atoms with Crippen LogP contribution in [0.2, 0.25) is 18.1 Å². The molecule has 5 nitrogen and oxygen atoms in total. The van der Waals surface area contributed by atoms with Crippen molar-refractivity contribution >= 4 is 35.6 Å². The lowest BCUT2D eigenvalue weighted by Crippen LogP contribution is -2.67. The zero-order valence-corrected chi connectivity index (χ0v) is 21.5. The van der Waals surface area contributed by atoms with Crippen molar-refractivity contribution in [3.8, 4) is 0 Å². The molecule has 1 saturated carbocycles. The van der Waals surface area contributed by atoms with E-state index in [0.717, 1.165) is 4.47 Å². The molecule has 1 aromatic rings. The molecule has 154 valence electrons. The third-order valence-corrected chi connectivity index (χ3v) is 12.3. The number of halogens is 1. The summed E-state index contributed by atoms with van der Waals surface area (Å²) >= 11 is 2.17. The summed E-state index contributed by atoms with van der Waals surface area (Å²) in [5.74, 6) is 0.680. The highest BCUT2D eigenvalue weighted by molar-refractivity contribution is 9.10. The topological polar surface area (TPSA) is 70.1 Å². The Kier molecular flexibility index (Phi) is 6.35. The maximum Gasteiger partial charge on any atom is 0.192 e. The molecule has 1 aliphatic carbocycles. The van der Waals surface area contributed by atoms with Gasteiger partial charge in [-0.3, -0.25) is 0 Å². The molecule has 8 heteroatoms. The van der Waals surface area contributed by atoms with E-state index in [9.17, 15) is 4.55 Å². The minimum atomic E-state index is -1.91. The van der Waals surface area contributed by atoms with Gasteiger partial charge in [-0.15, -0.1) is 4.72 Å². The normalized spacial score (nSPS) is 28.0. The van der Waals surface area contributed by atoms with E-state index >= 15 is 0 Å². The molecule has 0 aromatic carbocycles. The molecule has 0 bridgehead atoms. The van der Waals surface area contributed by atoms with Crippen LogP contribution >= 0.6 is 15.9 Å². The van der Waals surface area contributed by atoms with E-state index in [4.69, 9.17) is 4.43 Å². The van der Waals surface area contributed by atoms with Gasteiger partial charge in [0.2, 0.25) is 0 Å². The van der Waals surface area contributed by atoms with E-state index in [2.05, 4.69) is 71.4 Å². The van der Waals surface area contributed by atoms with Crippen molar-refractivity contribution in [1.82, 2.24) is 14.7 Å². The third kappa shape index (κ3) is 5.14. The van der Waals surface area contributed by atoms with Crippen molar-refractivity contribution in [2.45, 2.75) is 95.3 Å². The van der Waals surface area contributed by atoms with Gasteiger partial charge in [0.05, 0.1) is 10.1 Å². The average molecular weight is 477 g/mol. The fourth-order valence-corrected chi connectivity index (χ4v) is 6.02. The van der Waals surface area contributed by atoms with Crippen LogP contribution in [-0.4, -0.2) is 33.2 Å². The molecule has 0 radical (unpaired) electrons. The van der Waals surface area contributed by atoms with Gasteiger partial charge in [-0.1, -0.05) is 20.8 Å². The maximum atomic E-state index is 12.9. The summed E-state index contributed by atoms with van der Waals surface area (Å²) in [5.41, 5.74) is -0.801. The van der Waals surface area contributed by atoms with E-state index in [-0.39, 0.29) is 15.4 Å². The van der Waals surface area contributed by atoms with E-state index in [1.54, 1.807) is 12.4 Å². The first kappa shape index (κ1) is 23.3. The highest BCUT2D eigenvalue weighted by Crippen LogP contribution is 2.53. The summed E-state index contributed by atoms with van der Waals surface area (Å²) in [6, 6.07) is 0. The van der Waals surface area contributed by atoms with E-state index in [1.165, 1.54) is 0 Å². The first-order chi connectivity index (χ1) is 12.0.